The largest absolute Gasteiger partial charge is 0.457 e. The maximum Gasteiger partial charge on any atom is 0.256 e. The molecule has 0 saturated carbocycles. The lowest BCUT2D eigenvalue weighted by Crippen LogP contribution is -2.17. The lowest BCUT2D eigenvalue weighted by molar-refractivity contribution is 0.102. The first-order valence-electron chi connectivity index (χ1n) is 8.35. The molecule has 1 N–H and O–H groups in total. The monoisotopic (exact) mass is 335 g/mol. The molecule has 128 valence electrons. The molecule has 5 heteroatoms. The van der Waals surface area contributed by atoms with Gasteiger partial charge in [-0.2, -0.15) is 5.10 Å². The van der Waals surface area contributed by atoms with Crippen LogP contribution in [-0.4, -0.2) is 15.7 Å². The summed E-state index contributed by atoms with van der Waals surface area (Å²) in [4.78, 5) is 12.6. The van der Waals surface area contributed by atoms with E-state index in [0.29, 0.717) is 17.1 Å². The number of nitrogens with one attached hydrogen (secondary N) is 1. The van der Waals surface area contributed by atoms with Gasteiger partial charge in [0.15, 0.2) is 0 Å². The van der Waals surface area contributed by atoms with E-state index in [1.54, 1.807) is 30.5 Å². The van der Waals surface area contributed by atoms with Crippen LogP contribution in [0, 0.1) is 0 Å². The molecule has 25 heavy (non-hydrogen) atoms. The van der Waals surface area contributed by atoms with E-state index in [1.165, 1.54) is 0 Å². The highest BCUT2D eigenvalue weighted by Crippen LogP contribution is 2.23. The highest BCUT2D eigenvalue weighted by molar-refractivity contribution is 6.04. The summed E-state index contributed by atoms with van der Waals surface area (Å²) < 4.78 is 7.61. The van der Waals surface area contributed by atoms with Gasteiger partial charge in [-0.3, -0.25) is 4.79 Å². The smallest absolute Gasteiger partial charge is 0.256 e. The number of benzene rings is 2. The Labute approximate surface area is 147 Å². The summed E-state index contributed by atoms with van der Waals surface area (Å²) in [7, 11) is 0. The van der Waals surface area contributed by atoms with Crippen molar-refractivity contribution in [2.75, 3.05) is 5.32 Å². The second kappa shape index (κ2) is 7.66. The second-order valence-electron chi connectivity index (χ2n) is 5.82. The van der Waals surface area contributed by atoms with Gasteiger partial charge < -0.3 is 10.1 Å². The first-order chi connectivity index (χ1) is 12.2. The molecule has 0 spiro atoms. The number of aromatic nitrogens is 2. The average Bonchev–Trinajstić information content (AvgIpc) is 3.10. The quantitative estimate of drug-likeness (QED) is 0.697. The van der Waals surface area contributed by atoms with Gasteiger partial charge in [-0.15, -0.1) is 0 Å². The minimum atomic E-state index is -0.191. The molecule has 0 bridgehead atoms. The van der Waals surface area contributed by atoms with Crippen LogP contribution in [0.25, 0.3) is 0 Å². The molecule has 3 rings (SSSR count). The number of para-hydroxylation sites is 1. The van der Waals surface area contributed by atoms with Crippen LogP contribution < -0.4 is 10.1 Å². The minimum Gasteiger partial charge on any atom is -0.457 e. The fourth-order valence-corrected chi connectivity index (χ4v) is 2.45. The first-order valence-corrected chi connectivity index (χ1v) is 8.35. The third-order valence-electron chi connectivity index (χ3n) is 4.00. The number of hydrogen-bond acceptors (Lipinski definition) is 3. The van der Waals surface area contributed by atoms with E-state index >= 15 is 0 Å². The number of ether oxygens (including phenoxy) is 1. The van der Waals surface area contributed by atoms with Crippen LogP contribution in [0.3, 0.4) is 0 Å². The van der Waals surface area contributed by atoms with Gasteiger partial charge in [0.1, 0.15) is 17.3 Å². The zero-order valence-electron chi connectivity index (χ0n) is 14.3. The van der Waals surface area contributed by atoms with Gasteiger partial charge in [-0.05, 0) is 43.7 Å². The standard InChI is InChI=1S/C20H21N3O2/c1-3-15(2)23-19(12-13-21-23)22-20(24)16-8-7-11-18(14-16)25-17-9-5-4-6-10-17/h4-15H,3H2,1-2H3,(H,22,24)/t15-/m0/s1. The maximum absolute atomic E-state index is 12.6. The van der Waals surface area contributed by atoms with Gasteiger partial charge in [-0.25, -0.2) is 4.68 Å². The van der Waals surface area contributed by atoms with Crippen LogP contribution in [0.5, 0.6) is 11.5 Å². The third kappa shape index (κ3) is 4.07. The molecule has 0 unspecified atom stereocenters. The summed E-state index contributed by atoms with van der Waals surface area (Å²) in [6.07, 6.45) is 2.63. The van der Waals surface area contributed by atoms with Crippen molar-refractivity contribution in [3.63, 3.8) is 0 Å². The Morgan fingerprint density at radius 2 is 1.88 bits per heavy atom. The number of nitrogens with zero attached hydrogens (tertiary/aromatic N) is 2. The number of hydrogen-bond donors (Lipinski definition) is 1. The van der Waals surface area contributed by atoms with Crippen LogP contribution in [0.1, 0.15) is 36.7 Å². The molecule has 1 atom stereocenters. The normalized spacial score (nSPS) is 11.8. The van der Waals surface area contributed by atoms with E-state index in [2.05, 4.69) is 24.3 Å². The number of carbonyl (C=O) groups is 1. The van der Waals surface area contributed by atoms with E-state index < -0.39 is 0 Å². The molecule has 2 aromatic carbocycles. The van der Waals surface area contributed by atoms with Crippen molar-refractivity contribution < 1.29 is 9.53 Å². The number of carbonyl (C=O) groups excluding carboxylic acids is 1. The zero-order valence-corrected chi connectivity index (χ0v) is 14.3. The highest BCUT2D eigenvalue weighted by atomic mass is 16.5. The Morgan fingerprint density at radius 3 is 2.64 bits per heavy atom. The average molecular weight is 335 g/mol. The molecule has 3 aromatic rings. The lowest BCUT2D eigenvalue weighted by atomic mass is 10.2. The van der Waals surface area contributed by atoms with Crippen LogP contribution in [0.2, 0.25) is 0 Å². The highest BCUT2D eigenvalue weighted by Gasteiger charge is 2.13. The van der Waals surface area contributed by atoms with Crippen molar-refractivity contribution in [2.24, 2.45) is 0 Å². The Hall–Kier alpha value is -3.08. The van der Waals surface area contributed by atoms with E-state index in [0.717, 1.165) is 12.2 Å². The molecule has 0 fully saturated rings. The molecule has 0 aliphatic carbocycles. The van der Waals surface area contributed by atoms with Crippen LogP contribution in [0.15, 0.2) is 66.9 Å². The molecule has 1 heterocycles. The summed E-state index contributed by atoms with van der Waals surface area (Å²) in [5, 5.41) is 7.20. The van der Waals surface area contributed by atoms with Crippen LogP contribution >= 0.6 is 0 Å². The Balaban J connectivity index is 1.75. The third-order valence-corrected chi connectivity index (χ3v) is 4.00. The number of amides is 1. The van der Waals surface area contributed by atoms with E-state index in [9.17, 15) is 4.79 Å². The van der Waals surface area contributed by atoms with Gasteiger partial charge in [0.25, 0.3) is 5.91 Å². The van der Waals surface area contributed by atoms with E-state index in [4.69, 9.17) is 4.74 Å². The summed E-state index contributed by atoms with van der Waals surface area (Å²) in [6, 6.07) is 18.6. The van der Waals surface area contributed by atoms with Gasteiger partial charge in [-0.1, -0.05) is 31.2 Å². The molecule has 1 aromatic heterocycles. The summed E-state index contributed by atoms with van der Waals surface area (Å²) in [6.45, 7) is 4.15. The predicted octanol–water partition coefficient (Wildman–Crippen LogP) is 4.90. The Bertz CT molecular complexity index is 843. The minimum absolute atomic E-state index is 0.191. The molecular weight excluding hydrogens is 314 g/mol. The Morgan fingerprint density at radius 1 is 1.12 bits per heavy atom. The maximum atomic E-state index is 12.6. The molecule has 0 aliphatic rings. The van der Waals surface area contributed by atoms with Crippen molar-refractivity contribution in [3.05, 3.63) is 72.4 Å². The summed E-state index contributed by atoms with van der Waals surface area (Å²) in [5.41, 5.74) is 0.533. The van der Waals surface area contributed by atoms with Gasteiger partial charge in [0.2, 0.25) is 0 Å². The van der Waals surface area contributed by atoms with Crippen molar-refractivity contribution in [1.82, 2.24) is 9.78 Å². The molecule has 1 amide bonds. The second-order valence-corrected chi connectivity index (χ2v) is 5.82. The topological polar surface area (TPSA) is 56.2 Å². The molecule has 5 nitrogen and oxygen atoms in total. The summed E-state index contributed by atoms with van der Waals surface area (Å²) in [5.74, 6) is 1.85. The van der Waals surface area contributed by atoms with Gasteiger partial charge in [0, 0.05) is 11.6 Å². The van der Waals surface area contributed by atoms with Crippen molar-refractivity contribution in [2.45, 2.75) is 26.3 Å². The fourth-order valence-electron chi connectivity index (χ4n) is 2.45. The lowest BCUT2D eigenvalue weighted by Gasteiger charge is -2.14. The van der Waals surface area contributed by atoms with Crippen molar-refractivity contribution in [3.8, 4) is 11.5 Å². The zero-order chi connectivity index (χ0) is 17.6. The first kappa shape index (κ1) is 16.8. The van der Waals surface area contributed by atoms with Crippen molar-refractivity contribution in [1.29, 1.82) is 0 Å². The fraction of sp³-hybridized carbons (Fsp3) is 0.200. The molecule has 0 saturated heterocycles. The number of rotatable bonds is 6. The molecular formula is C20H21N3O2. The van der Waals surface area contributed by atoms with Crippen molar-refractivity contribution >= 4 is 11.7 Å². The van der Waals surface area contributed by atoms with Gasteiger partial charge >= 0.3 is 0 Å². The Kier molecular flexibility index (Phi) is 5.14. The SMILES string of the molecule is CC[C@H](C)n1nccc1NC(=O)c1cccc(Oc2ccccc2)c1. The predicted molar refractivity (Wildman–Crippen MR) is 98.1 cm³/mol. The summed E-state index contributed by atoms with van der Waals surface area (Å²) >= 11 is 0. The van der Waals surface area contributed by atoms with Crippen LogP contribution in [0.4, 0.5) is 5.82 Å². The molecule has 0 aliphatic heterocycles. The molecule has 0 radical (unpaired) electrons. The van der Waals surface area contributed by atoms with E-state index in [1.807, 2.05) is 41.1 Å². The van der Waals surface area contributed by atoms with E-state index in [-0.39, 0.29) is 11.9 Å². The van der Waals surface area contributed by atoms with Crippen LogP contribution in [-0.2, 0) is 0 Å². The number of anilines is 1. The van der Waals surface area contributed by atoms with Gasteiger partial charge in [0.05, 0.1) is 12.2 Å².